The maximum absolute atomic E-state index is 12.0. The van der Waals surface area contributed by atoms with Crippen molar-refractivity contribution < 1.29 is 9.90 Å². The standard InChI is InChI=1S/C14H21NO2S/c1-15(9-6-12-5-4-10-18-12)13(16)11-14(17)7-2-3-8-14/h4-5,10,17H,2-3,6-9,11H2,1H3. The molecule has 0 spiro atoms. The Kier molecular flexibility index (Phi) is 4.40. The van der Waals surface area contributed by atoms with Gasteiger partial charge in [-0.25, -0.2) is 0 Å². The number of amides is 1. The van der Waals surface area contributed by atoms with Crippen LogP contribution in [-0.4, -0.2) is 35.1 Å². The number of likely N-dealkylation sites (N-methyl/N-ethyl adjacent to an activating group) is 1. The number of carbonyl (C=O) groups is 1. The van der Waals surface area contributed by atoms with Crippen LogP contribution in [0.5, 0.6) is 0 Å². The summed E-state index contributed by atoms with van der Waals surface area (Å²) in [7, 11) is 1.83. The molecule has 100 valence electrons. The molecule has 0 aliphatic heterocycles. The Morgan fingerprint density at radius 2 is 2.22 bits per heavy atom. The largest absolute Gasteiger partial charge is 0.389 e. The monoisotopic (exact) mass is 267 g/mol. The van der Waals surface area contributed by atoms with Gasteiger partial charge >= 0.3 is 0 Å². The number of aliphatic hydroxyl groups is 1. The van der Waals surface area contributed by atoms with Crippen LogP contribution in [0.2, 0.25) is 0 Å². The first kappa shape index (κ1) is 13.6. The van der Waals surface area contributed by atoms with E-state index in [-0.39, 0.29) is 12.3 Å². The molecule has 1 saturated carbocycles. The van der Waals surface area contributed by atoms with Crippen molar-refractivity contribution in [2.24, 2.45) is 0 Å². The molecule has 1 N–H and O–H groups in total. The van der Waals surface area contributed by atoms with E-state index >= 15 is 0 Å². The third-order valence-corrected chi connectivity index (χ3v) is 4.65. The lowest BCUT2D eigenvalue weighted by Gasteiger charge is -2.25. The molecule has 1 aliphatic carbocycles. The normalized spacial score (nSPS) is 17.9. The lowest BCUT2D eigenvalue weighted by Crippen LogP contribution is -2.36. The van der Waals surface area contributed by atoms with E-state index in [9.17, 15) is 9.90 Å². The molecule has 0 saturated heterocycles. The van der Waals surface area contributed by atoms with E-state index in [0.717, 1.165) is 38.6 Å². The Morgan fingerprint density at radius 3 is 2.83 bits per heavy atom. The topological polar surface area (TPSA) is 40.5 Å². The van der Waals surface area contributed by atoms with Gasteiger partial charge < -0.3 is 10.0 Å². The van der Waals surface area contributed by atoms with Crippen molar-refractivity contribution in [2.45, 2.75) is 44.1 Å². The van der Waals surface area contributed by atoms with Crippen molar-refractivity contribution in [3.05, 3.63) is 22.4 Å². The fourth-order valence-corrected chi connectivity index (χ4v) is 3.18. The Balaban J connectivity index is 1.77. The van der Waals surface area contributed by atoms with Crippen LogP contribution >= 0.6 is 11.3 Å². The van der Waals surface area contributed by atoms with Gasteiger partial charge in [0.2, 0.25) is 5.91 Å². The third-order valence-electron chi connectivity index (χ3n) is 3.71. The van der Waals surface area contributed by atoms with Crippen LogP contribution in [-0.2, 0) is 11.2 Å². The average molecular weight is 267 g/mol. The van der Waals surface area contributed by atoms with Gasteiger partial charge in [0.05, 0.1) is 12.0 Å². The minimum Gasteiger partial charge on any atom is -0.389 e. The quantitative estimate of drug-likeness (QED) is 0.890. The molecule has 1 aromatic rings. The average Bonchev–Trinajstić information content (AvgIpc) is 2.97. The first-order valence-corrected chi connectivity index (χ1v) is 7.46. The van der Waals surface area contributed by atoms with Crippen LogP contribution in [0, 0.1) is 0 Å². The van der Waals surface area contributed by atoms with Crippen LogP contribution in [0.25, 0.3) is 0 Å². The van der Waals surface area contributed by atoms with Gasteiger partial charge in [-0.15, -0.1) is 11.3 Å². The fraction of sp³-hybridized carbons (Fsp3) is 0.643. The number of nitrogens with zero attached hydrogens (tertiary/aromatic N) is 1. The van der Waals surface area contributed by atoms with Crippen LogP contribution in [0.15, 0.2) is 17.5 Å². The summed E-state index contributed by atoms with van der Waals surface area (Å²) in [5.41, 5.74) is -0.728. The Bertz CT molecular complexity index is 383. The summed E-state index contributed by atoms with van der Waals surface area (Å²) >= 11 is 1.72. The number of thiophene rings is 1. The summed E-state index contributed by atoms with van der Waals surface area (Å²) in [6.07, 6.45) is 4.83. The molecule has 1 heterocycles. The van der Waals surface area contributed by atoms with Crippen molar-refractivity contribution in [1.29, 1.82) is 0 Å². The maximum Gasteiger partial charge on any atom is 0.225 e. The molecule has 2 rings (SSSR count). The maximum atomic E-state index is 12.0. The Hall–Kier alpha value is -0.870. The smallest absolute Gasteiger partial charge is 0.225 e. The summed E-state index contributed by atoms with van der Waals surface area (Å²) in [5.74, 6) is 0.0657. The van der Waals surface area contributed by atoms with E-state index < -0.39 is 5.60 Å². The molecule has 3 nitrogen and oxygen atoms in total. The van der Waals surface area contributed by atoms with E-state index in [4.69, 9.17) is 0 Å². The third kappa shape index (κ3) is 3.56. The second-order valence-corrected chi connectivity index (χ2v) is 6.29. The summed E-state index contributed by atoms with van der Waals surface area (Å²) < 4.78 is 0. The first-order valence-electron chi connectivity index (χ1n) is 6.58. The lowest BCUT2D eigenvalue weighted by molar-refractivity contribution is -0.134. The lowest BCUT2D eigenvalue weighted by atomic mass is 9.97. The Labute approximate surface area is 112 Å². The molecule has 0 aromatic carbocycles. The van der Waals surface area contributed by atoms with Crippen molar-refractivity contribution in [2.75, 3.05) is 13.6 Å². The highest BCUT2D eigenvalue weighted by Crippen LogP contribution is 2.32. The molecular weight excluding hydrogens is 246 g/mol. The zero-order valence-corrected chi connectivity index (χ0v) is 11.7. The molecule has 0 unspecified atom stereocenters. The van der Waals surface area contributed by atoms with Gasteiger partial charge in [-0.2, -0.15) is 0 Å². The van der Waals surface area contributed by atoms with E-state index in [2.05, 4.69) is 11.4 Å². The van der Waals surface area contributed by atoms with Gasteiger partial charge in [-0.1, -0.05) is 18.9 Å². The van der Waals surface area contributed by atoms with Crippen molar-refractivity contribution in [3.8, 4) is 0 Å². The summed E-state index contributed by atoms with van der Waals surface area (Å²) in [6, 6.07) is 4.12. The molecule has 4 heteroatoms. The van der Waals surface area contributed by atoms with Gasteiger partial charge in [0.15, 0.2) is 0 Å². The number of hydrogen-bond acceptors (Lipinski definition) is 3. The zero-order chi connectivity index (χ0) is 13.0. The van der Waals surface area contributed by atoms with E-state index in [1.165, 1.54) is 4.88 Å². The summed E-state index contributed by atoms with van der Waals surface area (Å²) in [4.78, 5) is 15.1. The number of rotatable bonds is 5. The van der Waals surface area contributed by atoms with E-state index in [0.29, 0.717) is 0 Å². The van der Waals surface area contributed by atoms with Gasteiger partial charge in [0, 0.05) is 18.5 Å². The number of carbonyl (C=O) groups excluding carboxylic acids is 1. The first-order chi connectivity index (χ1) is 8.59. The summed E-state index contributed by atoms with van der Waals surface area (Å²) in [6.45, 7) is 0.732. The molecule has 1 amide bonds. The second-order valence-electron chi connectivity index (χ2n) is 5.25. The van der Waals surface area contributed by atoms with Gasteiger partial charge in [-0.05, 0) is 30.7 Å². The molecule has 0 radical (unpaired) electrons. The van der Waals surface area contributed by atoms with Crippen LogP contribution in [0.1, 0.15) is 37.0 Å². The molecule has 0 bridgehead atoms. The second kappa shape index (κ2) is 5.85. The van der Waals surface area contributed by atoms with Gasteiger partial charge in [0.25, 0.3) is 0 Å². The van der Waals surface area contributed by atoms with Crippen LogP contribution < -0.4 is 0 Å². The molecule has 1 fully saturated rings. The molecular formula is C14H21NO2S. The number of hydrogen-bond donors (Lipinski definition) is 1. The van der Waals surface area contributed by atoms with Gasteiger partial charge in [-0.3, -0.25) is 4.79 Å². The Morgan fingerprint density at radius 1 is 1.50 bits per heavy atom. The van der Waals surface area contributed by atoms with Crippen molar-refractivity contribution in [3.63, 3.8) is 0 Å². The highest BCUT2D eigenvalue weighted by molar-refractivity contribution is 7.09. The highest BCUT2D eigenvalue weighted by Gasteiger charge is 2.34. The van der Waals surface area contributed by atoms with E-state index in [1.54, 1.807) is 16.2 Å². The minimum atomic E-state index is -0.728. The van der Waals surface area contributed by atoms with Crippen LogP contribution in [0.4, 0.5) is 0 Å². The predicted molar refractivity (Wildman–Crippen MR) is 73.7 cm³/mol. The minimum absolute atomic E-state index is 0.0657. The highest BCUT2D eigenvalue weighted by atomic mass is 32.1. The van der Waals surface area contributed by atoms with Crippen molar-refractivity contribution >= 4 is 17.2 Å². The van der Waals surface area contributed by atoms with Crippen molar-refractivity contribution in [1.82, 2.24) is 4.90 Å². The van der Waals surface area contributed by atoms with E-state index in [1.807, 2.05) is 13.1 Å². The zero-order valence-electron chi connectivity index (χ0n) is 10.9. The molecule has 0 atom stereocenters. The van der Waals surface area contributed by atoms with Crippen LogP contribution in [0.3, 0.4) is 0 Å². The molecule has 1 aromatic heterocycles. The SMILES string of the molecule is CN(CCc1cccs1)C(=O)CC1(O)CCCC1. The molecule has 18 heavy (non-hydrogen) atoms. The molecule has 1 aliphatic rings. The predicted octanol–water partition coefficient (Wildman–Crippen LogP) is 2.44. The fourth-order valence-electron chi connectivity index (χ4n) is 2.48. The van der Waals surface area contributed by atoms with Gasteiger partial charge in [0.1, 0.15) is 0 Å². The summed E-state index contributed by atoms with van der Waals surface area (Å²) in [5, 5.41) is 12.3.